The zero-order valence-electron chi connectivity index (χ0n) is 12.4. The minimum Gasteiger partial charge on any atom is -0.383 e. The molecule has 0 saturated carbocycles. The first-order valence-corrected chi connectivity index (χ1v) is 6.89. The molecule has 0 aliphatic rings. The molecule has 3 rings (SSSR count). The third-order valence-electron chi connectivity index (χ3n) is 3.60. The first kappa shape index (κ1) is 13.4. The summed E-state index contributed by atoms with van der Waals surface area (Å²) in [5, 5.41) is 9.04. The average Bonchev–Trinajstić information content (AvgIpc) is 2.85. The molecular formula is C16H19N5. The van der Waals surface area contributed by atoms with Gasteiger partial charge in [-0.15, -0.1) is 0 Å². The van der Waals surface area contributed by atoms with Gasteiger partial charge < -0.3 is 10.7 Å². The normalized spacial score (nSPS) is 12.0. The fourth-order valence-corrected chi connectivity index (χ4v) is 2.59. The predicted octanol–water partition coefficient (Wildman–Crippen LogP) is 2.71. The molecule has 21 heavy (non-hydrogen) atoms. The van der Waals surface area contributed by atoms with Gasteiger partial charge in [0.1, 0.15) is 11.5 Å². The van der Waals surface area contributed by atoms with Gasteiger partial charge in [-0.2, -0.15) is 4.98 Å². The van der Waals surface area contributed by atoms with E-state index in [1.165, 1.54) is 0 Å². The van der Waals surface area contributed by atoms with E-state index in [-0.39, 0.29) is 11.0 Å². The predicted molar refractivity (Wildman–Crippen MR) is 84.4 cm³/mol. The monoisotopic (exact) mass is 281 g/mol. The smallest absolute Gasteiger partial charge is 0.230 e. The van der Waals surface area contributed by atoms with Gasteiger partial charge in [-0.1, -0.05) is 39.0 Å². The highest BCUT2D eigenvalue weighted by Crippen LogP contribution is 2.32. The second-order valence-electron chi connectivity index (χ2n) is 6.17. The Morgan fingerprint density at radius 3 is 2.48 bits per heavy atom. The van der Waals surface area contributed by atoms with Crippen LogP contribution in [0.25, 0.3) is 16.7 Å². The molecule has 2 heterocycles. The minimum absolute atomic E-state index is 0.0495. The number of H-pyrrole nitrogens is 1. The van der Waals surface area contributed by atoms with Gasteiger partial charge in [0.15, 0.2) is 0 Å². The van der Waals surface area contributed by atoms with Crippen LogP contribution >= 0.6 is 0 Å². The second-order valence-corrected chi connectivity index (χ2v) is 6.17. The highest BCUT2D eigenvalue weighted by molar-refractivity contribution is 5.91. The lowest BCUT2D eigenvalue weighted by Gasteiger charge is -2.18. The Kier molecular flexibility index (Phi) is 2.86. The van der Waals surface area contributed by atoms with Crippen molar-refractivity contribution < 1.29 is 0 Å². The number of benzene rings is 1. The largest absolute Gasteiger partial charge is 0.383 e. The molecule has 0 bridgehead atoms. The Morgan fingerprint density at radius 1 is 1.19 bits per heavy atom. The molecule has 1 aromatic carbocycles. The third kappa shape index (κ3) is 2.11. The molecule has 5 nitrogen and oxygen atoms in total. The summed E-state index contributed by atoms with van der Waals surface area (Å²) in [5.74, 6) is 0.397. The number of para-hydroxylation sites is 1. The maximum atomic E-state index is 8.15. The summed E-state index contributed by atoms with van der Waals surface area (Å²) in [7, 11) is 0. The van der Waals surface area contributed by atoms with E-state index in [1.807, 2.05) is 36.5 Å². The van der Waals surface area contributed by atoms with Gasteiger partial charge in [-0.25, -0.2) is 0 Å². The van der Waals surface area contributed by atoms with E-state index in [0.29, 0.717) is 5.82 Å². The molecule has 0 aliphatic carbocycles. The molecule has 4 N–H and O–H groups in total. The number of fused-ring (bicyclic) bond motifs is 1. The topological polar surface area (TPSA) is 83.5 Å². The number of aromatic nitrogens is 3. The summed E-state index contributed by atoms with van der Waals surface area (Å²) >= 11 is 0. The van der Waals surface area contributed by atoms with Crippen molar-refractivity contribution in [2.24, 2.45) is 0 Å². The van der Waals surface area contributed by atoms with Crippen molar-refractivity contribution in [2.45, 2.75) is 26.2 Å². The number of nitrogen functional groups attached to an aromatic ring is 1. The van der Waals surface area contributed by atoms with E-state index < -0.39 is 0 Å². The summed E-state index contributed by atoms with van der Waals surface area (Å²) in [6.07, 6.45) is 1.96. The van der Waals surface area contributed by atoms with Crippen LogP contribution in [0, 0.1) is 5.41 Å². The molecule has 3 aromatic rings. The van der Waals surface area contributed by atoms with Crippen LogP contribution in [0.5, 0.6) is 0 Å². The third-order valence-corrected chi connectivity index (χ3v) is 3.60. The van der Waals surface area contributed by atoms with Gasteiger partial charge in [-0.05, 0) is 23.1 Å². The Hall–Kier alpha value is -2.56. The van der Waals surface area contributed by atoms with Crippen molar-refractivity contribution in [1.82, 2.24) is 14.5 Å². The number of aromatic amines is 1. The van der Waals surface area contributed by atoms with Crippen LogP contribution in [-0.2, 0) is 5.41 Å². The molecule has 0 spiro atoms. The van der Waals surface area contributed by atoms with E-state index in [1.54, 1.807) is 4.57 Å². The summed E-state index contributed by atoms with van der Waals surface area (Å²) < 4.78 is 1.78. The lowest BCUT2D eigenvalue weighted by Crippen LogP contribution is -2.24. The number of nitrogens with one attached hydrogen (secondary N) is 2. The number of anilines is 1. The molecule has 108 valence electrons. The zero-order valence-corrected chi connectivity index (χ0v) is 12.4. The molecule has 0 radical (unpaired) electrons. The molecule has 0 saturated heterocycles. The molecule has 2 aromatic heterocycles. The van der Waals surface area contributed by atoms with Crippen molar-refractivity contribution in [1.29, 1.82) is 5.41 Å². The van der Waals surface area contributed by atoms with Crippen LogP contribution in [0.1, 0.15) is 26.3 Å². The van der Waals surface area contributed by atoms with E-state index in [0.717, 1.165) is 22.3 Å². The second kappa shape index (κ2) is 4.48. The molecular weight excluding hydrogens is 262 g/mol. The average molecular weight is 281 g/mol. The summed E-state index contributed by atoms with van der Waals surface area (Å²) in [6, 6.07) is 9.74. The Balaban J connectivity index is 2.43. The quantitative estimate of drug-likeness (QED) is 0.641. The van der Waals surface area contributed by atoms with Crippen LogP contribution in [0.4, 0.5) is 5.82 Å². The van der Waals surface area contributed by atoms with Gasteiger partial charge in [0, 0.05) is 6.20 Å². The number of hydrogen-bond donors (Lipinski definition) is 3. The Morgan fingerprint density at radius 2 is 1.86 bits per heavy atom. The number of hydrogen-bond acceptors (Lipinski definition) is 3. The molecule has 0 atom stereocenters. The van der Waals surface area contributed by atoms with Crippen LogP contribution < -0.4 is 11.4 Å². The van der Waals surface area contributed by atoms with Gasteiger partial charge in [0.25, 0.3) is 0 Å². The molecule has 0 aliphatic heterocycles. The number of rotatable bonds is 1. The van der Waals surface area contributed by atoms with Gasteiger partial charge >= 0.3 is 0 Å². The highest BCUT2D eigenvalue weighted by Gasteiger charge is 2.22. The molecule has 0 amide bonds. The van der Waals surface area contributed by atoms with Crippen LogP contribution in [0.3, 0.4) is 0 Å². The maximum absolute atomic E-state index is 8.15. The first-order valence-electron chi connectivity index (χ1n) is 6.89. The fraction of sp³-hybridized carbons (Fsp3) is 0.250. The van der Waals surface area contributed by atoms with Gasteiger partial charge in [0.2, 0.25) is 5.62 Å². The maximum Gasteiger partial charge on any atom is 0.230 e. The number of nitrogens with two attached hydrogens (primary N) is 1. The first-order chi connectivity index (χ1) is 9.89. The van der Waals surface area contributed by atoms with E-state index in [4.69, 9.17) is 11.1 Å². The molecule has 5 heteroatoms. The Bertz CT molecular complexity index is 850. The van der Waals surface area contributed by atoms with Gasteiger partial charge in [-0.3, -0.25) is 9.98 Å². The lowest BCUT2D eigenvalue weighted by atomic mass is 9.87. The standard InChI is InChI=1S/C16H19N5/c1-16(2,3)11-9-19-14-12(11)13(17)20-15(18)21(14)10-7-5-4-6-8-10/h4-9,19H,1-3H3,(H3,17,18,20). The van der Waals surface area contributed by atoms with Gasteiger partial charge in [0.05, 0.1) is 11.1 Å². The summed E-state index contributed by atoms with van der Waals surface area (Å²) in [6.45, 7) is 6.41. The van der Waals surface area contributed by atoms with Crippen molar-refractivity contribution in [3.05, 3.63) is 47.7 Å². The van der Waals surface area contributed by atoms with Crippen molar-refractivity contribution in [3.8, 4) is 5.69 Å². The van der Waals surface area contributed by atoms with E-state index in [9.17, 15) is 0 Å². The molecule has 0 fully saturated rings. The zero-order chi connectivity index (χ0) is 15.2. The van der Waals surface area contributed by atoms with Crippen molar-refractivity contribution in [3.63, 3.8) is 0 Å². The lowest BCUT2D eigenvalue weighted by molar-refractivity contribution is 0.595. The van der Waals surface area contributed by atoms with Crippen molar-refractivity contribution in [2.75, 3.05) is 5.73 Å². The van der Waals surface area contributed by atoms with Crippen molar-refractivity contribution >= 4 is 16.9 Å². The van der Waals surface area contributed by atoms with E-state index >= 15 is 0 Å². The molecule has 0 unspecified atom stereocenters. The Labute approximate surface area is 123 Å². The summed E-state index contributed by atoms with van der Waals surface area (Å²) in [5.41, 5.74) is 8.95. The van der Waals surface area contributed by atoms with Crippen LogP contribution in [0.2, 0.25) is 0 Å². The highest BCUT2D eigenvalue weighted by atomic mass is 15.1. The fourth-order valence-electron chi connectivity index (χ4n) is 2.59. The SMILES string of the molecule is CC(C)(C)c1c[nH]c2c1c(N)nc(=N)n2-c1ccccc1. The summed E-state index contributed by atoms with van der Waals surface area (Å²) in [4.78, 5) is 7.48. The minimum atomic E-state index is -0.0495. The van der Waals surface area contributed by atoms with Crippen LogP contribution in [-0.4, -0.2) is 14.5 Å². The van der Waals surface area contributed by atoms with E-state index in [2.05, 4.69) is 30.7 Å². The van der Waals surface area contributed by atoms with Crippen LogP contribution in [0.15, 0.2) is 36.5 Å². The number of nitrogens with zero attached hydrogens (tertiary/aromatic N) is 2.